The lowest BCUT2D eigenvalue weighted by Gasteiger charge is -2.11. The molecule has 0 saturated carbocycles. The van der Waals surface area contributed by atoms with Crippen molar-refractivity contribution in [2.45, 2.75) is 25.5 Å². The van der Waals surface area contributed by atoms with E-state index in [2.05, 4.69) is 25.1 Å². The van der Waals surface area contributed by atoms with Crippen LogP contribution in [0.2, 0.25) is 5.02 Å². The van der Waals surface area contributed by atoms with Crippen molar-refractivity contribution in [2.75, 3.05) is 0 Å². The molecular formula is C16H16ClNO. The van der Waals surface area contributed by atoms with Crippen LogP contribution in [0.15, 0.2) is 42.5 Å². The summed E-state index contributed by atoms with van der Waals surface area (Å²) in [6, 6.07) is 14.1. The number of hydrogen-bond donors (Lipinski definition) is 1. The van der Waals surface area contributed by atoms with Crippen LogP contribution in [0.1, 0.15) is 24.9 Å². The van der Waals surface area contributed by atoms with E-state index in [9.17, 15) is 0 Å². The highest BCUT2D eigenvalue weighted by Crippen LogP contribution is 2.44. The topological polar surface area (TPSA) is 35.2 Å². The van der Waals surface area contributed by atoms with Crippen LogP contribution in [0.3, 0.4) is 0 Å². The molecule has 98 valence electrons. The molecule has 1 heterocycles. The molecule has 0 spiro atoms. The number of rotatable bonds is 2. The summed E-state index contributed by atoms with van der Waals surface area (Å²) >= 11 is 6.33. The monoisotopic (exact) mass is 273 g/mol. The van der Waals surface area contributed by atoms with E-state index in [1.807, 2.05) is 24.3 Å². The third-order valence-electron chi connectivity index (χ3n) is 3.61. The van der Waals surface area contributed by atoms with Crippen LogP contribution in [0.25, 0.3) is 11.1 Å². The summed E-state index contributed by atoms with van der Waals surface area (Å²) in [5.74, 6) is 0.751. The molecule has 2 N–H and O–H groups in total. The van der Waals surface area contributed by atoms with Crippen molar-refractivity contribution in [1.29, 1.82) is 0 Å². The van der Waals surface area contributed by atoms with Crippen LogP contribution in [-0.2, 0) is 0 Å². The molecule has 2 unspecified atom stereocenters. The Morgan fingerprint density at radius 3 is 2.58 bits per heavy atom. The molecule has 0 bridgehead atoms. The van der Waals surface area contributed by atoms with Gasteiger partial charge < -0.3 is 10.5 Å². The largest absolute Gasteiger partial charge is 0.487 e. The van der Waals surface area contributed by atoms with E-state index in [1.54, 1.807) is 0 Å². The smallest absolute Gasteiger partial charge is 0.143 e. The van der Waals surface area contributed by atoms with Gasteiger partial charge in [0, 0.05) is 5.56 Å². The zero-order valence-corrected chi connectivity index (χ0v) is 11.5. The Balaban J connectivity index is 2.09. The minimum absolute atomic E-state index is 0.0264. The van der Waals surface area contributed by atoms with Crippen molar-refractivity contribution < 1.29 is 4.74 Å². The highest BCUT2D eigenvalue weighted by atomic mass is 35.5. The fourth-order valence-electron chi connectivity index (χ4n) is 2.55. The molecule has 0 saturated heterocycles. The Kier molecular flexibility index (Phi) is 3.21. The van der Waals surface area contributed by atoms with Crippen LogP contribution in [-0.4, -0.2) is 6.10 Å². The minimum atomic E-state index is -0.0961. The number of benzene rings is 2. The van der Waals surface area contributed by atoms with Crippen LogP contribution >= 0.6 is 11.6 Å². The SMILES string of the molecule is CCC1Oc2c(Cl)cc(-c3ccccc3)cc2C1N. The van der Waals surface area contributed by atoms with Crippen LogP contribution in [0, 0.1) is 0 Å². The Labute approximate surface area is 118 Å². The van der Waals surface area contributed by atoms with Gasteiger partial charge in [-0.2, -0.15) is 0 Å². The van der Waals surface area contributed by atoms with Crippen LogP contribution in [0.4, 0.5) is 0 Å². The predicted molar refractivity (Wildman–Crippen MR) is 78.5 cm³/mol. The van der Waals surface area contributed by atoms with Gasteiger partial charge in [-0.1, -0.05) is 48.9 Å². The molecule has 0 aliphatic carbocycles. The predicted octanol–water partition coefficient (Wildman–Crippen LogP) is 4.18. The number of fused-ring (bicyclic) bond motifs is 1. The van der Waals surface area contributed by atoms with Crippen molar-refractivity contribution in [3.8, 4) is 16.9 Å². The van der Waals surface area contributed by atoms with Gasteiger partial charge in [-0.3, -0.25) is 0 Å². The fraction of sp³-hybridized carbons (Fsp3) is 0.250. The zero-order chi connectivity index (χ0) is 13.4. The van der Waals surface area contributed by atoms with Gasteiger partial charge in [-0.05, 0) is 29.7 Å². The normalized spacial score (nSPS) is 21.0. The van der Waals surface area contributed by atoms with E-state index >= 15 is 0 Å². The molecule has 0 amide bonds. The molecule has 0 radical (unpaired) electrons. The first-order valence-corrected chi connectivity index (χ1v) is 6.89. The van der Waals surface area contributed by atoms with Gasteiger partial charge in [0.1, 0.15) is 11.9 Å². The van der Waals surface area contributed by atoms with Crippen molar-refractivity contribution in [1.82, 2.24) is 0 Å². The lowest BCUT2D eigenvalue weighted by atomic mass is 9.98. The number of hydrogen-bond acceptors (Lipinski definition) is 2. The third kappa shape index (κ3) is 2.11. The van der Waals surface area contributed by atoms with Gasteiger partial charge in [0.25, 0.3) is 0 Å². The average molecular weight is 274 g/mol. The first-order valence-electron chi connectivity index (χ1n) is 6.51. The summed E-state index contributed by atoms with van der Waals surface area (Å²) in [7, 11) is 0. The van der Waals surface area contributed by atoms with E-state index in [-0.39, 0.29) is 12.1 Å². The second kappa shape index (κ2) is 4.87. The number of ether oxygens (including phenoxy) is 1. The molecule has 2 aromatic carbocycles. The maximum Gasteiger partial charge on any atom is 0.143 e. The highest BCUT2D eigenvalue weighted by molar-refractivity contribution is 6.32. The molecule has 2 aromatic rings. The molecule has 2 atom stereocenters. The fourth-order valence-corrected chi connectivity index (χ4v) is 2.82. The number of nitrogens with two attached hydrogens (primary N) is 1. The third-order valence-corrected chi connectivity index (χ3v) is 3.89. The van der Waals surface area contributed by atoms with Gasteiger partial charge in [-0.25, -0.2) is 0 Å². The average Bonchev–Trinajstić information content (AvgIpc) is 2.77. The van der Waals surface area contributed by atoms with E-state index in [1.165, 1.54) is 0 Å². The Bertz CT molecular complexity index is 597. The summed E-state index contributed by atoms with van der Waals surface area (Å²) in [6.07, 6.45) is 0.908. The van der Waals surface area contributed by atoms with Gasteiger partial charge >= 0.3 is 0 Å². The molecule has 3 heteroatoms. The van der Waals surface area contributed by atoms with Crippen LogP contribution in [0.5, 0.6) is 5.75 Å². The maximum atomic E-state index is 6.33. The summed E-state index contributed by atoms with van der Waals surface area (Å²) in [5, 5.41) is 0.641. The summed E-state index contributed by atoms with van der Waals surface area (Å²) in [5.41, 5.74) is 9.47. The standard InChI is InChI=1S/C16H16ClNO/c1-2-14-15(18)12-8-11(9-13(17)16(12)19-14)10-6-4-3-5-7-10/h3-9,14-15H,2,18H2,1H3. The molecule has 2 nitrogen and oxygen atoms in total. The summed E-state index contributed by atoms with van der Waals surface area (Å²) in [4.78, 5) is 0. The van der Waals surface area contributed by atoms with Crippen LogP contribution < -0.4 is 10.5 Å². The minimum Gasteiger partial charge on any atom is -0.487 e. The van der Waals surface area contributed by atoms with Gasteiger partial charge in [0.15, 0.2) is 0 Å². The molecule has 1 aliphatic heterocycles. The Morgan fingerprint density at radius 1 is 1.16 bits per heavy atom. The highest BCUT2D eigenvalue weighted by Gasteiger charge is 2.32. The second-order valence-electron chi connectivity index (χ2n) is 4.83. The molecular weight excluding hydrogens is 258 g/mol. The zero-order valence-electron chi connectivity index (χ0n) is 10.8. The molecule has 3 rings (SSSR count). The van der Waals surface area contributed by atoms with E-state index in [4.69, 9.17) is 22.1 Å². The molecule has 1 aliphatic rings. The first kappa shape index (κ1) is 12.5. The molecule has 0 fully saturated rings. The van der Waals surface area contributed by atoms with Crippen molar-refractivity contribution >= 4 is 11.6 Å². The van der Waals surface area contributed by atoms with E-state index < -0.39 is 0 Å². The van der Waals surface area contributed by atoms with Gasteiger partial charge in [0.05, 0.1) is 11.1 Å². The summed E-state index contributed by atoms with van der Waals surface area (Å²) < 4.78 is 5.83. The quantitative estimate of drug-likeness (QED) is 0.891. The Morgan fingerprint density at radius 2 is 1.89 bits per heavy atom. The van der Waals surface area contributed by atoms with Crippen molar-refractivity contribution in [2.24, 2.45) is 5.73 Å². The summed E-state index contributed by atoms with van der Waals surface area (Å²) in [6.45, 7) is 2.07. The first-order chi connectivity index (χ1) is 9.20. The molecule has 0 aromatic heterocycles. The Hall–Kier alpha value is -1.51. The van der Waals surface area contributed by atoms with Crippen molar-refractivity contribution in [3.05, 3.63) is 53.1 Å². The maximum absolute atomic E-state index is 6.33. The van der Waals surface area contributed by atoms with Gasteiger partial charge in [0.2, 0.25) is 0 Å². The molecule has 19 heavy (non-hydrogen) atoms. The van der Waals surface area contributed by atoms with Crippen molar-refractivity contribution in [3.63, 3.8) is 0 Å². The van der Waals surface area contributed by atoms with E-state index in [0.717, 1.165) is 28.9 Å². The van der Waals surface area contributed by atoms with E-state index in [0.29, 0.717) is 5.02 Å². The second-order valence-corrected chi connectivity index (χ2v) is 5.24. The lowest BCUT2D eigenvalue weighted by Crippen LogP contribution is -2.24. The van der Waals surface area contributed by atoms with Gasteiger partial charge in [-0.15, -0.1) is 0 Å². The number of halogens is 1. The lowest BCUT2D eigenvalue weighted by molar-refractivity contribution is 0.202.